The van der Waals surface area contributed by atoms with Gasteiger partial charge in [-0.15, -0.1) is 0 Å². The Kier molecular flexibility index (Phi) is 4.09. The molecule has 3 aromatic rings. The Balaban J connectivity index is 1.83. The first-order valence-electron chi connectivity index (χ1n) is 8.58. The van der Waals surface area contributed by atoms with E-state index < -0.39 is 0 Å². The van der Waals surface area contributed by atoms with Gasteiger partial charge < -0.3 is 10.1 Å². The number of aromatic hydroxyl groups is 1. The van der Waals surface area contributed by atoms with Gasteiger partial charge in [0.25, 0.3) is 0 Å². The van der Waals surface area contributed by atoms with Gasteiger partial charge in [-0.3, -0.25) is 9.56 Å². The van der Waals surface area contributed by atoms with Gasteiger partial charge in [-0.1, -0.05) is 43.3 Å². The normalized spacial score (nSPS) is 14.2. The maximum Gasteiger partial charge on any atom is 0.222 e. The van der Waals surface area contributed by atoms with Crippen molar-refractivity contribution in [3.63, 3.8) is 0 Å². The highest BCUT2D eigenvalue weighted by atomic mass is 32.1. The summed E-state index contributed by atoms with van der Waals surface area (Å²) in [6.45, 7) is 4.12. The van der Waals surface area contributed by atoms with Crippen LogP contribution in [0.25, 0.3) is 17.3 Å². The van der Waals surface area contributed by atoms with E-state index >= 15 is 0 Å². The molecule has 1 aliphatic heterocycles. The van der Waals surface area contributed by atoms with E-state index in [9.17, 15) is 5.11 Å². The highest BCUT2D eigenvalue weighted by Crippen LogP contribution is 2.37. The number of nitrogens with one attached hydrogen (secondary N) is 1. The van der Waals surface area contributed by atoms with E-state index in [1.54, 1.807) is 4.57 Å². The molecule has 130 valence electrons. The van der Waals surface area contributed by atoms with Crippen molar-refractivity contribution < 1.29 is 5.11 Å². The summed E-state index contributed by atoms with van der Waals surface area (Å²) in [5.74, 6) is 0.102. The summed E-state index contributed by atoms with van der Waals surface area (Å²) in [5.41, 5.74) is 6.75. The third-order valence-electron chi connectivity index (χ3n) is 4.70. The number of imidazole rings is 1. The highest BCUT2D eigenvalue weighted by molar-refractivity contribution is 7.71. The smallest absolute Gasteiger partial charge is 0.222 e. The van der Waals surface area contributed by atoms with Crippen LogP contribution in [0.5, 0.6) is 5.88 Å². The Bertz CT molecular complexity index is 1120. The predicted octanol–water partition coefficient (Wildman–Crippen LogP) is 5.37. The van der Waals surface area contributed by atoms with Crippen LogP contribution in [-0.4, -0.2) is 20.9 Å². The topological polar surface area (TPSA) is 53.3 Å². The van der Waals surface area contributed by atoms with Gasteiger partial charge in [-0.05, 0) is 48.8 Å². The van der Waals surface area contributed by atoms with Crippen LogP contribution in [0, 0.1) is 11.7 Å². The zero-order valence-corrected chi connectivity index (χ0v) is 15.5. The molecule has 1 aromatic heterocycles. The molecule has 5 heteroatoms. The molecule has 0 unspecified atom stereocenters. The lowest BCUT2D eigenvalue weighted by Crippen LogP contribution is -1.96. The summed E-state index contributed by atoms with van der Waals surface area (Å²) < 4.78 is 2.12. The second-order valence-corrected chi connectivity index (χ2v) is 6.70. The van der Waals surface area contributed by atoms with E-state index in [0.29, 0.717) is 10.5 Å². The number of rotatable bonds is 3. The molecular formula is C21H19N3OS. The molecule has 2 aromatic carbocycles. The molecule has 0 atom stereocenters. The van der Waals surface area contributed by atoms with Crippen LogP contribution in [0.1, 0.15) is 29.3 Å². The third kappa shape index (κ3) is 2.61. The van der Waals surface area contributed by atoms with Gasteiger partial charge in [0.15, 0.2) is 4.77 Å². The molecule has 1 aliphatic rings. The Morgan fingerprint density at radius 1 is 1.19 bits per heavy atom. The van der Waals surface area contributed by atoms with Crippen LogP contribution in [0.2, 0.25) is 0 Å². The van der Waals surface area contributed by atoms with Crippen molar-refractivity contribution in [1.29, 1.82) is 0 Å². The van der Waals surface area contributed by atoms with Crippen molar-refractivity contribution in [3.8, 4) is 11.6 Å². The molecule has 26 heavy (non-hydrogen) atoms. The van der Waals surface area contributed by atoms with Crippen molar-refractivity contribution in [1.82, 2.24) is 9.55 Å². The Hall–Kier alpha value is -2.92. The first-order valence-corrected chi connectivity index (χ1v) is 8.99. The van der Waals surface area contributed by atoms with Crippen molar-refractivity contribution in [3.05, 3.63) is 69.6 Å². The SMILES string of the molecule is CCc1cccc2c1N=C/C2=C\c1[nH]c(=S)n(-c2ccccc2C)c1O. The van der Waals surface area contributed by atoms with Crippen LogP contribution >= 0.6 is 12.2 Å². The van der Waals surface area contributed by atoms with Crippen molar-refractivity contribution in [2.75, 3.05) is 0 Å². The largest absolute Gasteiger partial charge is 0.493 e. The van der Waals surface area contributed by atoms with Crippen LogP contribution < -0.4 is 0 Å². The van der Waals surface area contributed by atoms with Gasteiger partial charge in [-0.2, -0.15) is 0 Å². The van der Waals surface area contributed by atoms with E-state index in [0.717, 1.165) is 34.5 Å². The van der Waals surface area contributed by atoms with Gasteiger partial charge in [0.05, 0.1) is 11.4 Å². The lowest BCUT2D eigenvalue weighted by Gasteiger charge is -2.07. The second kappa shape index (κ2) is 6.42. The minimum absolute atomic E-state index is 0.102. The maximum atomic E-state index is 10.8. The Morgan fingerprint density at radius 2 is 2.00 bits per heavy atom. The molecule has 2 heterocycles. The average molecular weight is 361 g/mol. The maximum absolute atomic E-state index is 10.8. The number of fused-ring (bicyclic) bond motifs is 1. The quantitative estimate of drug-likeness (QED) is 0.616. The number of H-pyrrole nitrogens is 1. The number of para-hydroxylation sites is 2. The minimum Gasteiger partial charge on any atom is -0.493 e. The number of aryl methyl sites for hydroxylation is 2. The molecule has 0 saturated carbocycles. The van der Waals surface area contributed by atoms with Gasteiger partial charge in [0.2, 0.25) is 5.88 Å². The number of nitrogens with zero attached hydrogens (tertiary/aromatic N) is 2. The van der Waals surface area contributed by atoms with Gasteiger partial charge in [-0.25, -0.2) is 0 Å². The standard InChI is InChI=1S/C21H19N3OS/c1-3-14-8-6-9-16-15(12-22-19(14)16)11-17-20(25)24(21(26)23-17)18-10-5-4-7-13(18)2/h4-12,25H,3H2,1-2H3,(H,23,26)/b15-11+. The minimum atomic E-state index is 0.102. The monoisotopic (exact) mass is 361 g/mol. The lowest BCUT2D eigenvalue weighted by molar-refractivity contribution is 0.440. The van der Waals surface area contributed by atoms with Crippen molar-refractivity contribution in [2.45, 2.75) is 20.3 Å². The Morgan fingerprint density at radius 3 is 2.77 bits per heavy atom. The fraction of sp³-hybridized carbons (Fsp3) is 0.143. The molecule has 2 N–H and O–H groups in total. The molecule has 0 spiro atoms. The second-order valence-electron chi connectivity index (χ2n) is 6.31. The first kappa shape index (κ1) is 16.5. The van der Waals surface area contributed by atoms with E-state index in [1.165, 1.54) is 5.56 Å². The summed E-state index contributed by atoms with van der Waals surface area (Å²) in [7, 11) is 0. The zero-order chi connectivity index (χ0) is 18.3. The van der Waals surface area contributed by atoms with Gasteiger partial charge in [0.1, 0.15) is 5.69 Å². The van der Waals surface area contributed by atoms with Crippen molar-refractivity contribution in [2.24, 2.45) is 4.99 Å². The summed E-state index contributed by atoms with van der Waals surface area (Å²) in [6, 6.07) is 14.0. The van der Waals surface area contributed by atoms with Crippen LogP contribution in [-0.2, 0) is 6.42 Å². The fourth-order valence-corrected chi connectivity index (χ4v) is 3.61. The number of benzene rings is 2. The van der Waals surface area contributed by atoms with Crippen molar-refractivity contribution >= 4 is 35.8 Å². The van der Waals surface area contributed by atoms with Gasteiger partial charge >= 0.3 is 0 Å². The van der Waals surface area contributed by atoms with Crippen LogP contribution in [0.4, 0.5) is 5.69 Å². The average Bonchev–Trinajstić information content (AvgIpc) is 3.17. The highest BCUT2D eigenvalue weighted by Gasteiger charge is 2.18. The van der Waals surface area contributed by atoms with E-state index in [1.807, 2.05) is 49.5 Å². The predicted molar refractivity (Wildman–Crippen MR) is 109 cm³/mol. The molecule has 0 aliphatic carbocycles. The lowest BCUT2D eigenvalue weighted by atomic mass is 10.0. The summed E-state index contributed by atoms with van der Waals surface area (Å²) in [4.78, 5) is 7.67. The first-order chi connectivity index (χ1) is 12.6. The van der Waals surface area contributed by atoms with Crippen LogP contribution in [0.15, 0.2) is 47.5 Å². The summed E-state index contributed by atoms with van der Waals surface area (Å²) in [5, 5.41) is 10.8. The van der Waals surface area contributed by atoms with Crippen LogP contribution in [0.3, 0.4) is 0 Å². The van der Waals surface area contributed by atoms with E-state index in [4.69, 9.17) is 12.2 Å². The number of hydrogen-bond donors (Lipinski definition) is 2. The number of aliphatic imine (C=N–C) groups is 1. The summed E-state index contributed by atoms with van der Waals surface area (Å²) >= 11 is 5.44. The Labute approximate surface area is 157 Å². The molecule has 0 bridgehead atoms. The number of allylic oxidation sites excluding steroid dienone is 1. The van der Waals surface area contributed by atoms with Gasteiger partial charge in [0, 0.05) is 17.4 Å². The molecule has 4 nitrogen and oxygen atoms in total. The molecular weight excluding hydrogens is 342 g/mol. The fourth-order valence-electron chi connectivity index (χ4n) is 3.32. The summed E-state index contributed by atoms with van der Waals surface area (Å²) in [6.07, 6.45) is 4.67. The molecule has 0 amide bonds. The zero-order valence-electron chi connectivity index (χ0n) is 14.7. The number of aromatic nitrogens is 2. The molecule has 0 fully saturated rings. The number of hydrogen-bond acceptors (Lipinski definition) is 3. The third-order valence-corrected chi connectivity index (χ3v) is 4.98. The molecule has 0 radical (unpaired) electrons. The van der Waals surface area contributed by atoms with E-state index in [-0.39, 0.29) is 5.88 Å². The van der Waals surface area contributed by atoms with E-state index in [2.05, 4.69) is 29.0 Å². The molecule has 4 rings (SSSR count). The molecule has 0 saturated heterocycles. The number of aromatic amines is 1.